The fourth-order valence-electron chi connectivity index (χ4n) is 2.84. The predicted octanol–water partition coefficient (Wildman–Crippen LogP) is 2.93. The highest BCUT2D eigenvalue weighted by molar-refractivity contribution is 9.10. The van der Waals surface area contributed by atoms with Crippen LogP contribution in [0.3, 0.4) is 0 Å². The number of fused-ring (bicyclic) bond motifs is 1. The zero-order valence-corrected chi connectivity index (χ0v) is 16.4. The standard InChI is InChI=1S/C18H20BrN3O2S/c1-12-8-14(19)2-3-15(12)21-17(23)9-20-18(24)11-22-6-4-16-13(10-22)5-7-25-16/h2-3,5,7-8H,4,6,9-11H2,1H3,(H,20,24)(H,21,23). The number of nitrogens with zero attached hydrogens (tertiary/aromatic N) is 1. The van der Waals surface area contributed by atoms with Gasteiger partial charge in [-0.2, -0.15) is 0 Å². The highest BCUT2D eigenvalue weighted by Crippen LogP contribution is 2.23. The number of carbonyl (C=O) groups excluding carboxylic acids is 2. The smallest absolute Gasteiger partial charge is 0.243 e. The predicted molar refractivity (Wildman–Crippen MR) is 104 cm³/mol. The summed E-state index contributed by atoms with van der Waals surface area (Å²) in [7, 11) is 0. The summed E-state index contributed by atoms with van der Waals surface area (Å²) in [5, 5.41) is 7.62. The van der Waals surface area contributed by atoms with Crippen molar-refractivity contribution in [3.8, 4) is 0 Å². The van der Waals surface area contributed by atoms with Crippen LogP contribution in [0.15, 0.2) is 34.1 Å². The molecule has 3 rings (SSSR count). The van der Waals surface area contributed by atoms with Gasteiger partial charge < -0.3 is 10.6 Å². The molecule has 0 spiro atoms. The third-order valence-corrected chi connectivity index (χ3v) is 5.68. The zero-order chi connectivity index (χ0) is 17.8. The van der Waals surface area contributed by atoms with Crippen molar-refractivity contribution >= 4 is 44.8 Å². The molecule has 2 N–H and O–H groups in total. The molecule has 0 unspecified atom stereocenters. The van der Waals surface area contributed by atoms with Crippen LogP contribution in [-0.2, 0) is 22.6 Å². The number of rotatable bonds is 5. The Morgan fingerprint density at radius 1 is 1.28 bits per heavy atom. The van der Waals surface area contributed by atoms with Crippen molar-refractivity contribution in [3.63, 3.8) is 0 Å². The Bertz CT molecular complexity index is 790. The summed E-state index contributed by atoms with van der Waals surface area (Å²) >= 11 is 5.17. The maximum Gasteiger partial charge on any atom is 0.243 e. The molecule has 2 heterocycles. The van der Waals surface area contributed by atoms with E-state index in [0.717, 1.165) is 35.2 Å². The number of carbonyl (C=O) groups is 2. The van der Waals surface area contributed by atoms with Crippen molar-refractivity contribution in [2.24, 2.45) is 0 Å². The Hall–Kier alpha value is -1.70. The number of amides is 2. The van der Waals surface area contributed by atoms with Crippen LogP contribution < -0.4 is 10.6 Å². The lowest BCUT2D eigenvalue weighted by molar-refractivity contribution is -0.125. The van der Waals surface area contributed by atoms with Crippen LogP contribution in [0.5, 0.6) is 0 Å². The summed E-state index contributed by atoms with van der Waals surface area (Å²) in [6, 6.07) is 7.77. The average molecular weight is 422 g/mol. The lowest BCUT2D eigenvalue weighted by atomic mass is 10.1. The maximum atomic E-state index is 12.1. The van der Waals surface area contributed by atoms with E-state index in [4.69, 9.17) is 0 Å². The molecule has 1 aromatic carbocycles. The molecule has 2 aromatic rings. The molecule has 0 aliphatic carbocycles. The van der Waals surface area contributed by atoms with Crippen LogP contribution in [-0.4, -0.2) is 36.3 Å². The topological polar surface area (TPSA) is 61.4 Å². The molecule has 0 saturated carbocycles. The Balaban J connectivity index is 1.43. The van der Waals surface area contributed by atoms with E-state index >= 15 is 0 Å². The maximum absolute atomic E-state index is 12.1. The number of thiophene rings is 1. The number of halogens is 1. The summed E-state index contributed by atoms with van der Waals surface area (Å²) in [5.41, 5.74) is 3.03. The second-order valence-corrected chi connectivity index (χ2v) is 8.03. The molecule has 1 aliphatic heterocycles. The minimum atomic E-state index is -0.225. The van der Waals surface area contributed by atoms with Gasteiger partial charge in [0.25, 0.3) is 0 Å². The van der Waals surface area contributed by atoms with Gasteiger partial charge in [-0.05, 0) is 54.1 Å². The first-order valence-corrected chi connectivity index (χ1v) is 9.79. The fourth-order valence-corrected chi connectivity index (χ4v) is 4.21. The summed E-state index contributed by atoms with van der Waals surface area (Å²) in [6.07, 6.45) is 0.990. The van der Waals surface area contributed by atoms with E-state index in [9.17, 15) is 9.59 Å². The van der Waals surface area contributed by atoms with Gasteiger partial charge >= 0.3 is 0 Å². The second-order valence-electron chi connectivity index (χ2n) is 6.11. The molecular formula is C18H20BrN3O2S. The highest BCUT2D eigenvalue weighted by Gasteiger charge is 2.19. The first-order chi connectivity index (χ1) is 12.0. The summed E-state index contributed by atoms with van der Waals surface area (Å²) in [5.74, 6) is -0.348. The monoisotopic (exact) mass is 421 g/mol. The highest BCUT2D eigenvalue weighted by atomic mass is 79.9. The van der Waals surface area contributed by atoms with Gasteiger partial charge in [0.1, 0.15) is 0 Å². The van der Waals surface area contributed by atoms with E-state index in [1.807, 2.05) is 25.1 Å². The van der Waals surface area contributed by atoms with Crippen LogP contribution >= 0.6 is 27.3 Å². The number of anilines is 1. The van der Waals surface area contributed by atoms with Crippen LogP contribution in [0.4, 0.5) is 5.69 Å². The van der Waals surface area contributed by atoms with E-state index in [2.05, 4.69) is 42.9 Å². The number of hydrogen-bond donors (Lipinski definition) is 2. The second kappa shape index (κ2) is 8.12. The molecule has 1 aliphatic rings. The van der Waals surface area contributed by atoms with Crippen LogP contribution in [0.2, 0.25) is 0 Å². The molecule has 0 bridgehead atoms. The van der Waals surface area contributed by atoms with Crippen molar-refractivity contribution in [2.75, 3.05) is 25.0 Å². The van der Waals surface area contributed by atoms with E-state index in [-0.39, 0.29) is 18.4 Å². The van der Waals surface area contributed by atoms with Gasteiger partial charge in [0.05, 0.1) is 13.1 Å². The molecule has 7 heteroatoms. The number of aryl methyl sites for hydroxylation is 1. The lowest BCUT2D eigenvalue weighted by Gasteiger charge is -2.26. The quantitative estimate of drug-likeness (QED) is 0.779. The Morgan fingerprint density at radius 3 is 2.92 bits per heavy atom. The Morgan fingerprint density at radius 2 is 2.12 bits per heavy atom. The molecule has 0 fully saturated rings. The van der Waals surface area contributed by atoms with Gasteiger partial charge in [0, 0.05) is 28.1 Å². The number of nitrogens with one attached hydrogen (secondary N) is 2. The van der Waals surface area contributed by atoms with E-state index in [1.165, 1.54) is 10.4 Å². The van der Waals surface area contributed by atoms with Crippen molar-refractivity contribution in [2.45, 2.75) is 19.9 Å². The van der Waals surface area contributed by atoms with Crippen LogP contribution in [0.25, 0.3) is 0 Å². The molecule has 2 amide bonds. The van der Waals surface area contributed by atoms with E-state index < -0.39 is 0 Å². The normalized spacial score (nSPS) is 14.0. The Labute approximate surface area is 159 Å². The molecule has 0 radical (unpaired) electrons. The van der Waals surface area contributed by atoms with Gasteiger partial charge in [0.2, 0.25) is 11.8 Å². The van der Waals surface area contributed by atoms with Gasteiger partial charge in [-0.1, -0.05) is 15.9 Å². The lowest BCUT2D eigenvalue weighted by Crippen LogP contribution is -2.42. The molecule has 1 aromatic heterocycles. The summed E-state index contributed by atoms with van der Waals surface area (Å²) < 4.78 is 0.964. The summed E-state index contributed by atoms with van der Waals surface area (Å²) in [6.45, 7) is 3.90. The third-order valence-electron chi connectivity index (χ3n) is 4.16. The molecule has 5 nitrogen and oxygen atoms in total. The molecule has 25 heavy (non-hydrogen) atoms. The van der Waals surface area contributed by atoms with Crippen LogP contribution in [0, 0.1) is 6.92 Å². The zero-order valence-electron chi connectivity index (χ0n) is 14.0. The largest absolute Gasteiger partial charge is 0.346 e. The molecule has 0 saturated heterocycles. The van der Waals surface area contributed by atoms with Crippen molar-refractivity contribution in [1.29, 1.82) is 0 Å². The Kier molecular flexibility index (Phi) is 5.88. The van der Waals surface area contributed by atoms with Crippen LogP contribution in [0.1, 0.15) is 16.0 Å². The van der Waals surface area contributed by atoms with Gasteiger partial charge in [-0.15, -0.1) is 11.3 Å². The van der Waals surface area contributed by atoms with E-state index in [0.29, 0.717) is 6.54 Å². The average Bonchev–Trinajstić information content (AvgIpc) is 3.03. The van der Waals surface area contributed by atoms with Gasteiger partial charge in [-0.25, -0.2) is 0 Å². The van der Waals surface area contributed by atoms with Crippen molar-refractivity contribution in [1.82, 2.24) is 10.2 Å². The fraction of sp³-hybridized carbons (Fsp3) is 0.333. The first kappa shape index (κ1) is 18.1. The summed E-state index contributed by atoms with van der Waals surface area (Å²) in [4.78, 5) is 27.6. The molecule has 0 atom stereocenters. The van der Waals surface area contributed by atoms with Gasteiger partial charge in [-0.3, -0.25) is 14.5 Å². The van der Waals surface area contributed by atoms with Gasteiger partial charge in [0.15, 0.2) is 0 Å². The molecule has 132 valence electrons. The molecular weight excluding hydrogens is 402 g/mol. The van der Waals surface area contributed by atoms with E-state index in [1.54, 1.807) is 11.3 Å². The minimum absolute atomic E-state index is 0.0219. The number of benzene rings is 1. The SMILES string of the molecule is Cc1cc(Br)ccc1NC(=O)CNC(=O)CN1CCc2sccc2C1. The van der Waals surface area contributed by atoms with Crippen molar-refractivity contribution in [3.05, 3.63) is 50.1 Å². The van der Waals surface area contributed by atoms with Crippen molar-refractivity contribution < 1.29 is 9.59 Å². The third kappa shape index (κ3) is 4.90. The minimum Gasteiger partial charge on any atom is -0.346 e. The number of hydrogen-bond acceptors (Lipinski definition) is 4. The first-order valence-electron chi connectivity index (χ1n) is 8.11.